The minimum atomic E-state index is -0.0119. The van der Waals surface area contributed by atoms with Gasteiger partial charge < -0.3 is 20.1 Å². The Bertz CT molecular complexity index is 412. The van der Waals surface area contributed by atoms with Crippen molar-refractivity contribution in [1.82, 2.24) is 15.0 Å². The number of rotatable bonds is 8. The molecular formula is C13H25N5O2. The smallest absolute Gasteiger partial charge is 0.323 e. The Balaban J connectivity index is 2.95. The van der Waals surface area contributed by atoms with Crippen molar-refractivity contribution in [3.63, 3.8) is 0 Å². The van der Waals surface area contributed by atoms with Crippen molar-refractivity contribution in [2.75, 3.05) is 37.4 Å². The van der Waals surface area contributed by atoms with Crippen molar-refractivity contribution >= 4 is 11.9 Å². The minimum Gasteiger partial charge on any atom is -0.461 e. The SMILES string of the molecule is COCCN(CC(C)C)c1nc(N)nc(OC(C)C)n1. The van der Waals surface area contributed by atoms with Crippen molar-refractivity contribution < 1.29 is 9.47 Å². The number of hydrogen-bond donors (Lipinski definition) is 1. The van der Waals surface area contributed by atoms with E-state index in [0.717, 1.165) is 6.54 Å². The molecule has 0 saturated carbocycles. The first-order chi connectivity index (χ1) is 9.42. The van der Waals surface area contributed by atoms with Crippen molar-refractivity contribution in [2.24, 2.45) is 5.92 Å². The van der Waals surface area contributed by atoms with Crippen LogP contribution in [0.5, 0.6) is 6.01 Å². The topological polar surface area (TPSA) is 86.4 Å². The summed E-state index contributed by atoms with van der Waals surface area (Å²) in [7, 11) is 1.67. The number of nitrogens with zero attached hydrogens (tertiary/aromatic N) is 4. The van der Waals surface area contributed by atoms with Crippen LogP contribution in [0, 0.1) is 5.92 Å². The first-order valence-electron chi connectivity index (χ1n) is 6.84. The molecule has 20 heavy (non-hydrogen) atoms. The molecule has 2 N–H and O–H groups in total. The molecule has 7 nitrogen and oxygen atoms in total. The number of ether oxygens (including phenoxy) is 2. The largest absolute Gasteiger partial charge is 0.461 e. The molecule has 0 aliphatic carbocycles. The van der Waals surface area contributed by atoms with E-state index in [1.807, 2.05) is 18.7 Å². The molecule has 0 unspecified atom stereocenters. The number of nitrogens with two attached hydrogens (primary N) is 1. The monoisotopic (exact) mass is 283 g/mol. The van der Waals surface area contributed by atoms with Gasteiger partial charge in [-0.1, -0.05) is 13.8 Å². The van der Waals surface area contributed by atoms with Crippen molar-refractivity contribution in [3.05, 3.63) is 0 Å². The summed E-state index contributed by atoms with van der Waals surface area (Å²) in [5.41, 5.74) is 5.73. The summed E-state index contributed by atoms with van der Waals surface area (Å²) in [4.78, 5) is 14.5. The summed E-state index contributed by atoms with van der Waals surface area (Å²) in [6, 6.07) is 0.258. The predicted octanol–water partition coefficient (Wildman–Crippen LogP) is 1.35. The number of hydrogen-bond acceptors (Lipinski definition) is 7. The van der Waals surface area contributed by atoms with Crippen LogP contribution in [0.1, 0.15) is 27.7 Å². The highest BCUT2D eigenvalue weighted by molar-refractivity contribution is 5.36. The summed E-state index contributed by atoms with van der Waals surface area (Å²) in [5, 5.41) is 0. The third kappa shape index (κ3) is 5.56. The molecule has 114 valence electrons. The number of aromatic nitrogens is 3. The Kier molecular flexibility index (Phi) is 6.44. The van der Waals surface area contributed by atoms with Gasteiger partial charge in [0.05, 0.1) is 12.7 Å². The van der Waals surface area contributed by atoms with Gasteiger partial charge in [0.2, 0.25) is 11.9 Å². The lowest BCUT2D eigenvalue weighted by Gasteiger charge is -2.24. The zero-order valence-electron chi connectivity index (χ0n) is 13.0. The van der Waals surface area contributed by atoms with Crippen LogP contribution in [0.25, 0.3) is 0 Å². The fourth-order valence-electron chi connectivity index (χ4n) is 1.68. The maximum atomic E-state index is 5.73. The molecule has 1 aromatic heterocycles. The van der Waals surface area contributed by atoms with E-state index < -0.39 is 0 Å². The third-order valence-corrected chi connectivity index (χ3v) is 2.40. The Morgan fingerprint density at radius 3 is 2.40 bits per heavy atom. The van der Waals surface area contributed by atoms with Crippen LogP contribution in [0.2, 0.25) is 0 Å². The molecule has 0 bridgehead atoms. The zero-order valence-corrected chi connectivity index (χ0v) is 13.0. The molecule has 0 amide bonds. The first kappa shape index (κ1) is 16.4. The maximum Gasteiger partial charge on any atom is 0.323 e. The summed E-state index contributed by atoms with van der Waals surface area (Å²) < 4.78 is 10.6. The van der Waals surface area contributed by atoms with Crippen molar-refractivity contribution in [2.45, 2.75) is 33.8 Å². The number of anilines is 2. The molecule has 0 fully saturated rings. The minimum absolute atomic E-state index is 0.0119. The molecule has 0 spiro atoms. The van der Waals surface area contributed by atoms with Gasteiger partial charge in [0.1, 0.15) is 0 Å². The third-order valence-electron chi connectivity index (χ3n) is 2.40. The summed E-state index contributed by atoms with van der Waals surface area (Å²) >= 11 is 0. The van der Waals surface area contributed by atoms with Crippen LogP contribution in [-0.2, 0) is 4.74 Å². The molecule has 0 aromatic carbocycles. The van der Waals surface area contributed by atoms with Crippen LogP contribution in [0.15, 0.2) is 0 Å². The number of methoxy groups -OCH3 is 1. The van der Waals surface area contributed by atoms with Crippen LogP contribution < -0.4 is 15.4 Å². The lowest BCUT2D eigenvalue weighted by molar-refractivity contribution is 0.203. The van der Waals surface area contributed by atoms with E-state index in [2.05, 4.69) is 28.8 Å². The van der Waals surface area contributed by atoms with Gasteiger partial charge in [-0.15, -0.1) is 0 Å². The van der Waals surface area contributed by atoms with Gasteiger partial charge in [0, 0.05) is 20.2 Å². The summed E-state index contributed by atoms with van der Waals surface area (Å²) in [5.74, 6) is 1.16. The van der Waals surface area contributed by atoms with E-state index >= 15 is 0 Å². The zero-order chi connectivity index (χ0) is 15.1. The Hall–Kier alpha value is -1.63. The van der Waals surface area contributed by atoms with E-state index in [9.17, 15) is 0 Å². The standard InChI is InChI=1S/C13H25N5O2/c1-9(2)8-18(6-7-19-5)12-15-11(14)16-13(17-12)20-10(3)4/h9-10H,6-8H2,1-5H3,(H2,14,15,16,17). The average molecular weight is 283 g/mol. The van der Waals surface area contributed by atoms with Crippen LogP contribution >= 0.6 is 0 Å². The molecule has 0 saturated heterocycles. The van der Waals surface area contributed by atoms with E-state index in [1.54, 1.807) is 7.11 Å². The van der Waals surface area contributed by atoms with Crippen molar-refractivity contribution in [3.8, 4) is 6.01 Å². The molecule has 1 rings (SSSR count). The van der Waals surface area contributed by atoms with Gasteiger partial charge in [0.15, 0.2) is 0 Å². The van der Waals surface area contributed by atoms with E-state index in [4.69, 9.17) is 15.2 Å². The van der Waals surface area contributed by atoms with E-state index in [0.29, 0.717) is 25.0 Å². The van der Waals surface area contributed by atoms with Crippen LogP contribution in [0.4, 0.5) is 11.9 Å². The van der Waals surface area contributed by atoms with E-state index in [-0.39, 0.29) is 18.1 Å². The summed E-state index contributed by atoms with van der Waals surface area (Å²) in [6.45, 7) is 10.2. The molecule has 1 aromatic rings. The second-order valence-electron chi connectivity index (χ2n) is 5.28. The molecule has 7 heteroatoms. The molecule has 0 atom stereocenters. The highest BCUT2D eigenvalue weighted by Crippen LogP contribution is 2.15. The van der Waals surface area contributed by atoms with Gasteiger partial charge in [-0.05, 0) is 19.8 Å². The lowest BCUT2D eigenvalue weighted by Crippen LogP contribution is -2.33. The second kappa shape index (κ2) is 7.84. The molecule has 0 radical (unpaired) electrons. The van der Waals surface area contributed by atoms with Gasteiger partial charge in [0.25, 0.3) is 0 Å². The normalized spacial score (nSPS) is 11.2. The summed E-state index contributed by atoms with van der Waals surface area (Å²) in [6.07, 6.45) is -0.0119. The predicted molar refractivity (Wildman–Crippen MR) is 78.9 cm³/mol. The number of nitrogen functional groups attached to an aromatic ring is 1. The molecule has 1 heterocycles. The quantitative estimate of drug-likeness (QED) is 0.770. The Labute approximate surface area is 120 Å². The lowest BCUT2D eigenvalue weighted by atomic mass is 10.2. The molecular weight excluding hydrogens is 258 g/mol. The van der Waals surface area contributed by atoms with Gasteiger partial charge >= 0.3 is 6.01 Å². The first-order valence-corrected chi connectivity index (χ1v) is 6.84. The van der Waals surface area contributed by atoms with E-state index in [1.165, 1.54) is 0 Å². The van der Waals surface area contributed by atoms with Crippen LogP contribution in [0.3, 0.4) is 0 Å². The Morgan fingerprint density at radius 2 is 1.85 bits per heavy atom. The van der Waals surface area contributed by atoms with Crippen LogP contribution in [-0.4, -0.2) is 47.9 Å². The van der Waals surface area contributed by atoms with Gasteiger partial charge in [-0.2, -0.15) is 15.0 Å². The van der Waals surface area contributed by atoms with Crippen molar-refractivity contribution in [1.29, 1.82) is 0 Å². The average Bonchev–Trinajstić information content (AvgIpc) is 2.32. The fraction of sp³-hybridized carbons (Fsp3) is 0.769. The molecule has 0 aliphatic heterocycles. The highest BCUT2D eigenvalue weighted by atomic mass is 16.5. The van der Waals surface area contributed by atoms with Gasteiger partial charge in [-0.3, -0.25) is 0 Å². The fourth-order valence-corrected chi connectivity index (χ4v) is 1.68. The molecule has 0 aliphatic rings. The Morgan fingerprint density at radius 1 is 1.15 bits per heavy atom. The van der Waals surface area contributed by atoms with Gasteiger partial charge in [-0.25, -0.2) is 0 Å². The maximum absolute atomic E-state index is 5.73. The highest BCUT2D eigenvalue weighted by Gasteiger charge is 2.15. The second-order valence-corrected chi connectivity index (χ2v) is 5.28.